The van der Waals surface area contributed by atoms with E-state index in [4.69, 9.17) is 9.69 Å². The van der Waals surface area contributed by atoms with Gasteiger partial charge in [-0.15, -0.1) is 0 Å². The molecule has 1 aromatic carbocycles. The van der Waals surface area contributed by atoms with Crippen molar-refractivity contribution in [2.75, 3.05) is 4.90 Å². The third-order valence-electron chi connectivity index (χ3n) is 7.75. The summed E-state index contributed by atoms with van der Waals surface area (Å²) in [5, 5.41) is 0. The van der Waals surface area contributed by atoms with Gasteiger partial charge in [-0.1, -0.05) is 24.3 Å². The second kappa shape index (κ2) is 12.5. The van der Waals surface area contributed by atoms with Gasteiger partial charge in [0, 0.05) is 0 Å². The number of para-hydroxylation sites is 1. The van der Waals surface area contributed by atoms with E-state index in [9.17, 15) is 0 Å². The number of halogens is 1. The van der Waals surface area contributed by atoms with Gasteiger partial charge in [-0.3, -0.25) is 0 Å². The SMILES string of the molecule is C1=C\CC/C=C\CC/1.CC(C)c1cccc(C(C)C)c1N1[C](=[Rh][Cl])C2(CCCCC2)CC1(C)C. The van der Waals surface area contributed by atoms with E-state index in [0.717, 1.165) is 0 Å². The van der Waals surface area contributed by atoms with E-state index in [2.05, 4.69) is 88.9 Å². The molecule has 1 aromatic rings. The van der Waals surface area contributed by atoms with Crippen LogP contribution in [0.1, 0.15) is 129 Å². The normalized spacial score (nSPS) is 25.1. The van der Waals surface area contributed by atoms with Gasteiger partial charge in [0.15, 0.2) is 0 Å². The average molecular weight is 572 g/mol. The monoisotopic (exact) mass is 571 g/mol. The van der Waals surface area contributed by atoms with Crippen LogP contribution in [0.3, 0.4) is 0 Å². The molecule has 34 heavy (non-hydrogen) atoms. The molecule has 3 aliphatic rings. The van der Waals surface area contributed by atoms with Crippen molar-refractivity contribution >= 4 is 19.6 Å². The van der Waals surface area contributed by atoms with E-state index in [1.807, 2.05) is 0 Å². The number of benzene rings is 1. The van der Waals surface area contributed by atoms with Crippen molar-refractivity contribution in [3.63, 3.8) is 0 Å². The van der Waals surface area contributed by atoms with Gasteiger partial charge in [-0.25, -0.2) is 0 Å². The Hall–Kier alpha value is -0.717. The van der Waals surface area contributed by atoms with Gasteiger partial charge < -0.3 is 0 Å². The third kappa shape index (κ3) is 6.34. The van der Waals surface area contributed by atoms with Gasteiger partial charge in [-0.05, 0) is 25.7 Å². The quantitative estimate of drug-likeness (QED) is 0.258. The first-order valence-corrected chi connectivity index (χ1v) is 16.5. The minimum absolute atomic E-state index is 0.0443. The molecule has 0 bridgehead atoms. The van der Waals surface area contributed by atoms with Gasteiger partial charge in [0.25, 0.3) is 0 Å². The number of hydrogen-bond acceptors (Lipinski definition) is 1. The molecule has 3 heteroatoms. The summed E-state index contributed by atoms with van der Waals surface area (Å²) in [6.07, 6.45) is 22.1. The summed E-state index contributed by atoms with van der Waals surface area (Å²) in [5.74, 6) is 1.04. The maximum atomic E-state index is 6.76. The molecular weight excluding hydrogens is 525 g/mol. The standard InChI is InChI=1S/C23H35N.C8H12.ClH.Rh/c1-17(2)19-11-10-12-20(18(3)4)21(19)24-16-23(15-22(24,5)6)13-8-7-9-14-23;1-2-4-6-8-7-5-3-1;;/h10-12,17-18H,7-9,13-15H2,1-6H3;1-2,7-8H,3-6H2;1H;/q;;;+1/p-1/b;2-1-,8-7-;;. The van der Waals surface area contributed by atoms with E-state index in [0.29, 0.717) is 17.3 Å². The minimum atomic E-state index is -0.0443. The predicted molar refractivity (Wildman–Crippen MR) is 149 cm³/mol. The molecular formula is C31H47ClNRh. The Morgan fingerprint density at radius 2 is 1.26 bits per heavy atom. The van der Waals surface area contributed by atoms with Crippen molar-refractivity contribution < 1.29 is 15.7 Å². The predicted octanol–water partition coefficient (Wildman–Crippen LogP) is 9.91. The molecule has 1 heterocycles. The first-order valence-electron chi connectivity index (χ1n) is 13.6. The third-order valence-corrected chi connectivity index (χ3v) is 9.98. The summed E-state index contributed by atoms with van der Waals surface area (Å²) in [7, 11) is 6.76. The Kier molecular flexibility index (Phi) is 10.2. The van der Waals surface area contributed by atoms with Crippen molar-refractivity contribution in [1.82, 2.24) is 0 Å². The number of allylic oxidation sites excluding steroid dienone is 4. The molecule has 192 valence electrons. The Morgan fingerprint density at radius 1 is 0.794 bits per heavy atom. The molecule has 1 aliphatic heterocycles. The first-order chi connectivity index (χ1) is 16.2. The van der Waals surface area contributed by atoms with Crippen LogP contribution in [0.15, 0.2) is 42.5 Å². The van der Waals surface area contributed by atoms with E-state index in [1.54, 1.807) is 4.23 Å². The van der Waals surface area contributed by atoms with Crippen LogP contribution in [0.5, 0.6) is 0 Å². The van der Waals surface area contributed by atoms with Gasteiger partial charge in [0.1, 0.15) is 0 Å². The van der Waals surface area contributed by atoms with Crippen LogP contribution >= 0.6 is 9.69 Å². The topological polar surface area (TPSA) is 3.24 Å². The van der Waals surface area contributed by atoms with Crippen LogP contribution in [-0.4, -0.2) is 9.77 Å². The van der Waals surface area contributed by atoms with Crippen molar-refractivity contribution in [3.05, 3.63) is 53.6 Å². The molecule has 1 saturated carbocycles. The van der Waals surface area contributed by atoms with Crippen LogP contribution in [-0.2, 0) is 15.7 Å². The molecule has 1 nitrogen and oxygen atoms in total. The summed E-state index contributed by atoms with van der Waals surface area (Å²) in [5.41, 5.74) is 4.93. The summed E-state index contributed by atoms with van der Waals surface area (Å²) in [4.78, 5) is 2.72. The fourth-order valence-electron chi connectivity index (χ4n) is 6.18. The summed E-state index contributed by atoms with van der Waals surface area (Å²) >= 11 is -0.0443. The molecule has 0 amide bonds. The fourth-order valence-corrected chi connectivity index (χ4v) is 9.01. The molecule has 0 atom stereocenters. The molecule has 4 rings (SSSR count). The molecule has 0 aromatic heterocycles. The number of hydrogen-bond donors (Lipinski definition) is 0. The van der Waals surface area contributed by atoms with Crippen LogP contribution < -0.4 is 4.90 Å². The molecule has 0 unspecified atom stereocenters. The molecule has 0 radical (unpaired) electrons. The van der Waals surface area contributed by atoms with Crippen molar-refractivity contribution in [3.8, 4) is 0 Å². The molecule has 1 spiro atoms. The Balaban J connectivity index is 0.000000343. The summed E-state index contributed by atoms with van der Waals surface area (Å²) in [6, 6.07) is 6.93. The zero-order valence-electron chi connectivity index (χ0n) is 22.4. The van der Waals surface area contributed by atoms with Crippen molar-refractivity contribution in [2.45, 2.75) is 123 Å². The van der Waals surface area contributed by atoms with E-state index in [-0.39, 0.29) is 21.2 Å². The molecule has 2 aliphatic carbocycles. The first kappa shape index (κ1) is 27.9. The Bertz CT molecular complexity index is 834. The second-order valence-corrected chi connectivity index (χ2v) is 13.5. The summed E-state index contributed by atoms with van der Waals surface area (Å²) in [6.45, 7) is 14.2. The molecule has 1 saturated heterocycles. The Labute approximate surface area is 221 Å². The zero-order chi connectivity index (χ0) is 24.8. The van der Waals surface area contributed by atoms with Gasteiger partial charge in [0.05, 0.1) is 0 Å². The Morgan fingerprint density at radius 3 is 1.68 bits per heavy atom. The zero-order valence-corrected chi connectivity index (χ0v) is 24.8. The van der Waals surface area contributed by atoms with Crippen LogP contribution in [0, 0.1) is 5.41 Å². The summed E-state index contributed by atoms with van der Waals surface area (Å²) < 4.78 is 1.57. The van der Waals surface area contributed by atoms with Gasteiger partial charge in [-0.2, -0.15) is 0 Å². The van der Waals surface area contributed by atoms with E-state index >= 15 is 0 Å². The van der Waals surface area contributed by atoms with Crippen molar-refractivity contribution in [1.29, 1.82) is 0 Å². The van der Waals surface area contributed by atoms with Crippen LogP contribution in [0.2, 0.25) is 0 Å². The molecule has 2 fully saturated rings. The van der Waals surface area contributed by atoms with Crippen LogP contribution in [0.25, 0.3) is 0 Å². The van der Waals surface area contributed by atoms with Crippen molar-refractivity contribution in [2.24, 2.45) is 5.41 Å². The molecule has 0 N–H and O–H groups in total. The maximum absolute atomic E-state index is 6.76. The van der Waals surface area contributed by atoms with Gasteiger partial charge in [0.2, 0.25) is 0 Å². The van der Waals surface area contributed by atoms with E-state index in [1.165, 1.54) is 81.0 Å². The number of nitrogens with zero attached hydrogens (tertiary/aromatic N) is 1. The number of rotatable bonds is 3. The van der Waals surface area contributed by atoms with E-state index < -0.39 is 0 Å². The fraction of sp³-hybridized carbons (Fsp3) is 0.645. The van der Waals surface area contributed by atoms with Gasteiger partial charge >= 0.3 is 172 Å². The average Bonchev–Trinajstić information content (AvgIpc) is 2.98. The number of anilines is 1. The second-order valence-electron chi connectivity index (χ2n) is 11.7. The van der Waals surface area contributed by atoms with Crippen LogP contribution in [0.4, 0.5) is 5.69 Å².